The number of hydrogen-bond donors (Lipinski definition) is 1. The van der Waals surface area contributed by atoms with Gasteiger partial charge in [-0.25, -0.2) is 0 Å². The summed E-state index contributed by atoms with van der Waals surface area (Å²) in [4.78, 5) is 0. The van der Waals surface area contributed by atoms with Crippen molar-refractivity contribution in [1.82, 2.24) is 5.32 Å². The Morgan fingerprint density at radius 3 is 2.81 bits per heavy atom. The van der Waals surface area contributed by atoms with Crippen molar-refractivity contribution >= 4 is 0 Å². The third-order valence-corrected chi connectivity index (χ3v) is 3.46. The predicted octanol–water partition coefficient (Wildman–Crippen LogP) is 2.38. The van der Waals surface area contributed by atoms with Crippen LogP contribution in [0.1, 0.15) is 24.8 Å². The molecule has 0 bridgehead atoms. The smallest absolute Gasteiger partial charge is 0.122 e. The minimum atomic E-state index is 0.503. The topological polar surface area (TPSA) is 21.3 Å². The molecule has 2 nitrogen and oxygen atoms in total. The average molecular weight is 217 g/mol. The fraction of sp³-hybridized carbons (Fsp3) is 0.571. The van der Waals surface area contributed by atoms with Crippen LogP contribution in [0.15, 0.2) is 24.3 Å². The van der Waals surface area contributed by atoms with Gasteiger partial charge in [-0.3, -0.25) is 0 Å². The molecule has 2 fully saturated rings. The summed E-state index contributed by atoms with van der Waals surface area (Å²) in [5.41, 5.74) is 1.39. The Morgan fingerprint density at radius 1 is 1.19 bits per heavy atom. The summed E-state index contributed by atoms with van der Waals surface area (Å²) in [7, 11) is 0. The van der Waals surface area contributed by atoms with Crippen LogP contribution >= 0.6 is 0 Å². The maximum Gasteiger partial charge on any atom is 0.122 e. The van der Waals surface area contributed by atoms with Crippen LogP contribution in [0.5, 0.6) is 5.75 Å². The molecule has 2 aliphatic rings. The van der Waals surface area contributed by atoms with Gasteiger partial charge in [0.2, 0.25) is 0 Å². The molecule has 1 N–H and O–H groups in total. The zero-order chi connectivity index (χ0) is 10.8. The Kier molecular flexibility index (Phi) is 2.83. The molecule has 1 atom stereocenters. The van der Waals surface area contributed by atoms with Gasteiger partial charge in [0.05, 0.1) is 6.10 Å². The van der Waals surface area contributed by atoms with Gasteiger partial charge in [0.1, 0.15) is 5.75 Å². The van der Waals surface area contributed by atoms with Crippen molar-refractivity contribution in [1.29, 1.82) is 0 Å². The van der Waals surface area contributed by atoms with Crippen molar-refractivity contribution in [3.63, 3.8) is 0 Å². The summed E-state index contributed by atoms with van der Waals surface area (Å²) in [5, 5.41) is 3.42. The normalized spacial score (nSPS) is 24.6. The van der Waals surface area contributed by atoms with E-state index in [1.54, 1.807) is 0 Å². The predicted molar refractivity (Wildman–Crippen MR) is 64.8 cm³/mol. The molecule has 2 heteroatoms. The molecular formula is C14H19NO. The summed E-state index contributed by atoms with van der Waals surface area (Å²) < 4.78 is 5.95. The number of para-hydroxylation sites is 1. The van der Waals surface area contributed by atoms with E-state index in [1.807, 2.05) is 0 Å². The van der Waals surface area contributed by atoms with Gasteiger partial charge in [-0.1, -0.05) is 18.2 Å². The highest BCUT2D eigenvalue weighted by molar-refractivity contribution is 5.34. The van der Waals surface area contributed by atoms with E-state index in [2.05, 4.69) is 29.6 Å². The largest absolute Gasteiger partial charge is 0.490 e. The fourth-order valence-corrected chi connectivity index (χ4v) is 2.35. The first-order chi connectivity index (χ1) is 7.92. The van der Waals surface area contributed by atoms with E-state index in [0.717, 1.165) is 24.6 Å². The Labute approximate surface area is 97.0 Å². The molecule has 1 saturated carbocycles. The van der Waals surface area contributed by atoms with E-state index >= 15 is 0 Å². The van der Waals surface area contributed by atoms with Crippen LogP contribution in [0.25, 0.3) is 0 Å². The molecule has 0 aromatic heterocycles. The van der Waals surface area contributed by atoms with Crippen molar-refractivity contribution in [2.24, 2.45) is 5.92 Å². The SMILES string of the molecule is c1ccc(OC2CC2)c(CC2CCNC2)c1. The lowest BCUT2D eigenvalue weighted by atomic mass is 9.98. The number of ether oxygens (including phenoxy) is 1. The summed E-state index contributed by atoms with van der Waals surface area (Å²) in [6.07, 6.45) is 5.44. The second kappa shape index (κ2) is 4.46. The van der Waals surface area contributed by atoms with Gasteiger partial charge in [-0.15, -0.1) is 0 Å². The summed E-state index contributed by atoms with van der Waals surface area (Å²) in [6.45, 7) is 2.34. The number of nitrogens with one attached hydrogen (secondary N) is 1. The molecule has 1 aromatic rings. The first kappa shape index (κ1) is 10.2. The minimum Gasteiger partial charge on any atom is -0.490 e. The maximum atomic E-state index is 5.95. The van der Waals surface area contributed by atoms with Crippen LogP contribution in [-0.2, 0) is 6.42 Å². The molecule has 1 unspecified atom stereocenters. The Morgan fingerprint density at radius 2 is 2.06 bits per heavy atom. The first-order valence-electron chi connectivity index (χ1n) is 6.37. The van der Waals surface area contributed by atoms with Gasteiger partial charge in [0.15, 0.2) is 0 Å². The highest BCUT2D eigenvalue weighted by Gasteiger charge is 2.25. The summed E-state index contributed by atoms with van der Waals surface area (Å²) >= 11 is 0. The quantitative estimate of drug-likeness (QED) is 0.836. The molecule has 1 aliphatic heterocycles. The first-order valence-corrected chi connectivity index (χ1v) is 6.37. The van der Waals surface area contributed by atoms with E-state index in [-0.39, 0.29) is 0 Å². The molecule has 3 rings (SSSR count). The standard InChI is InChI=1S/C14H19NO/c1-2-4-14(16-13-5-6-13)12(3-1)9-11-7-8-15-10-11/h1-4,11,13,15H,5-10H2. The lowest BCUT2D eigenvalue weighted by Gasteiger charge is -2.13. The molecule has 1 heterocycles. The van der Waals surface area contributed by atoms with Gasteiger partial charge >= 0.3 is 0 Å². The molecule has 86 valence electrons. The van der Waals surface area contributed by atoms with Crippen molar-refractivity contribution < 1.29 is 4.74 Å². The lowest BCUT2D eigenvalue weighted by Crippen LogP contribution is -2.11. The molecule has 1 saturated heterocycles. The van der Waals surface area contributed by atoms with Crippen LogP contribution in [0.4, 0.5) is 0 Å². The zero-order valence-electron chi connectivity index (χ0n) is 9.61. The van der Waals surface area contributed by atoms with Crippen LogP contribution in [0.2, 0.25) is 0 Å². The van der Waals surface area contributed by atoms with Crippen molar-refractivity contribution in [2.45, 2.75) is 31.8 Å². The fourth-order valence-electron chi connectivity index (χ4n) is 2.35. The van der Waals surface area contributed by atoms with Crippen molar-refractivity contribution in [3.8, 4) is 5.75 Å². The second-order valence-electron chi connectivity index (χ2n) is 4.99. The molecule has 1 aromatic carbocycles. The molecule has 1 aliphatic carbocycles. The maximum absolute atomic E-state index is 5.95. The summed E-state index contributed by atoms with van der Waals surface area (Å²) in [6, 6.07) is 8.54. The van der Waals surface area contributed by atoms with E-state index in [1.165, 1.54) is 31.4 Å². The molecule has 0 radical (unpaired) electrons. The van der Waals surface area contributed by atoms with Crippen LogP contribution in [0.3, 0.4) is 0 Å². The van der Waals surface area contributed by atoms with E-state index in [0.29, 0.717) is 6.10 Å². The Hall–Kier alpha value is -1.02. The number of rotatable bonds is 4. The van der Waals surface area contributed by atoms with Crippen LogP contribution < -0.4 is 10.1 Å². The van der Waals surface area contributed by atoms with Crippen LogP contribution in [0, 0.1) is 5.92 Å². The van der Waals surface area contributed by atoms with Gasteiger partial charge in [-0.2, -0.15) is 0 Å². The van der Waals surface area contributed by atoms with Crippen LogP contribution in [-0.4, -0.2) is 19.2 Å². The van der Waals surface area contributed by atoms with Gasteiger partial charge in [0.25, 0.3) is 0 Å². The molecule has 0 spiro atoms. The average Bonchev–Trinajstić information content (AvgIpc) is 2.96. The highest BCUT2D eigenvalue weighted by Crippen LogP contribution is 2.30. The molecular weight excluding hydrogens is 198 g/mol. The van der Waals surface area contributed by atoms with Crippen molar-refractivity contribution in [2.75, 3.05) is 13.1 Å². The third kappa shape index (κ3) is 2.38. The Bertz CT molecular complexity index is 354. The van der Waals surface area contributed by atoms with Gasteiger partial charge in [-0.05, 0) is 56.3 Å². The molecule has 16 heavy (non-hydrogen) atoms. The highest BCUT2D eigenvalue weighted by atomic mass is 16.5. The second-order valence-corrected chi connectivity index (χ2v) is 4.99. The summed E-state index contributed by atoms with van der Waals surface area (Å²) in [5.74, 6) is 1.92. The monoisotopic (exact) mass is 217 g/mol. The van der Waals surface area contributed by atoms with Gasteiger partial charge in [0, 0.05) is 0 Å². The Balaban J connectivity index is 1.70. The minimum absolute atomic E-state index is 0.503. The lowest BCUT2D eigenvalue weighted by molar-refractivity contribution is 0.298. The van der Waals surface area contributed by atoms with E-state index in [9.17, 15) is 0 Å². The molecule has 0 amide bonds. The number of benzene rings is 1. The van der Waals surface area contributed by atoms with Gasteiger partial charge < -0.3 is 10.1 Å². The van der Waals surface area contributed by atoms with E-state index < -0.39 is 0 Å². The van der Waals surface area contributed by atoms with E-state index in [4.69, 9.17) is 4.74 Å². The third-order valence-electron chi connectivity index (χ3n) is 3.46. The van der Waals surface area contributed by atoms with Crippen molar-refractivity contribution in [3.05, 3.63) is 29.8 Å². The number of hydrogen-bond acceptors (Lipinski definition) is 2. The zero-order valence-corrected chi connectivity index (χ0v) is 9.61.